The molecule has 19 heavy (non-hydrogen) atoms. The Balaban J connectivity index is 4.49. The van der Waals surface area contributed by atoms with Crippen molar-refractivity contribution in [3.05, 3.63) is 0 Å². The smallest absolute Gasteiger partial charge is 0.329 e. The molecule has 0 aromatic heterocycles. The first kappa shape index (κ1) is 17.9. The van der Waals surface area contributed by atoms with Gasteiger partial charge in [0.1, 0.15) is 11.6 Å². The number of carbonyl (C=O) groups excluding carboxylic acids is 2. The van der Waals surface area contributed by atoms with Crippen LogP contribution < -0.4 is 5.32 Å². The van der Waals surface area contributed by atoms with Crippen molar-refractivity contribution in [3.8, 4) is 0 Å². The lowest BCUT2D eigenvalue weighted by molar-refractivity contribution is -0.160. The van der Waals surface area contributed by atoms with Crippen molar-refractivity contribution in [1.29, 1.82) is 0 Å². The van der Waals surface area contributed by atoms with Gasteiger partial charge < -0.3 is 10.1 Å². The molecule has 0 spiro atoms. The Hall–Kier alpha value is -1.06. The molecule has 0 aliphatic heterocycles. The van der Waals surface area contributed by atoms with Crippen molar-refractivity contribution in [2.75, 3.05) is 0 Å². The molecule has 0 aromatic rings. The molecule has 0 heterocycles. The van der Waals surface area contributed by atoms with Crippen molar-refractivity contribution >= 4 is 11.9 Å². The Bertz CT molecular complexity index is 303. The van der Waals surface area contributed by atoms with Gasteiger partial charge in [-0.05, 0) is 39.0 Å². The Kier molecular flexibility index (Phi) is 7.09. The molecular formula is C15H29NO3. The topological polar surface area (TPSA) is 55.4 Å². The van der Waals surface area contributed by atoms with Gasteiger partial charge in [0.2, 0.25) is 5.91 Å². The average molecular weight is 271 g/mol. The fourth-order valence-electron chi connectivity index (χ4n) is 1.53. The van der Waals surface area contributed by atoms with E-state index in [0.29, 0.717) is 12.3 Å². The quantitative estimate of drug-likeness (QED) is 0.756. The first-order valence-corrected chi connectivity index (χ1v) is 7.05. The number of ether oxygens (including phenoxy) is 1. The highest BCUT2D eigenvalue weighted by atomic mass is 16.6. The summed E-state index contributed by atoms with van der Waals surface area (Å²) in [6.07, 6.45) is 1.27. The molecule has 0 aliphatic carbocycles. The van der Waals surface area contributed by atoms with Crippen LogP contribution in [-0.4, -0.2) is 23.5 Å². The summed E-state index contributed by atoms with van der Waals surface area (Å²) in [7, 11) is 0. The molecule has 4 nitrogen and oxygen atoms in total. The van der Waals surface area contributed by atoms with Crippen LogP contribution in [0.3, 0.4) is 0 Å². The fourth-order valence-corrected chi connectivity index (χ4v) is 1.53. The molecule has 0 aliphatic rings. The van der Waals surface area contributed by atoms with Crippen molar-refractivity contribution in [1.82, 2.24) is 5.32 Å². The molecule has 4 heteroatoms. The fraction of sp³-hybridized carbons (Fsp3) is 0.867. The predicted molar refractivity (Wildman–Crippen MR) is 76.7 cm³/mol. The highest BCUT2D eigenvalue weighted by molar-refractivity contribution is 5.84. The Labute approximate surface area is 117 Å². The summed E-state index contributed by atoms with van der Waals surface area (Å²) in [5.74, 6) is 0.0429. The van der Waals surface area contributed by atoms with Crippen molar-refractivity contribution in [2.45, 2.75) is 73.0 Å². The number of esters is 1. The molecule has 0 radical (unpaired) electrons. The summed E-state index contributed by atoms with van der Waals surface area (Å²) in [4.78, 5) is 23.9. The van der Waals surface area contributed by atoms with Crippen LogP contribution in [-0.2, 0) is 14.3 Å². The summed E-state index contributed by atoms with van der Waals surface area (Å²) in [5, 5.41) is 2.78. The van der Waals surface area contributed by atoms with Gasteiger partial charge in [0.25, 0.3) is 0 Å². The zero-order valence-corrected chi connectivity index (χ0v) is 13.4. The van der Waals surface area contributed by atoms with Crippen molar-refractivity contribution in [2.24, 2.45) is 11.8 Å². The largest absolute Gasteiger partial charge is 0.458 e. The molecule has 112 valence electrons. The molecule has 0 saturated carbocycles. The highest BCUT2D eigenvalue weighted by Crippen LogP contribution is 2.13. The highest BCUT2D eigenvalue weighted by Gasteiger charge is 2.28. The lowest BCUT2D eigenvalue weighted by Gasteiger charge is -2.26. The van der Waals surface area contributed by atoms with E-state index in [-0.39, 0.29) is 17.8 Å². The van der Waals surface area contributed by atoms with Crippen LogP contribution in [0.4, 0.5) is 0 Å². The number of hydrogen-bond acceptors (Lipinski definition) is 3. The normalized spacial score (nSPS) is 13.5. The van der Waals surface area contributed by atoms with Gasteiger partial charge in [-0.15, -0.1) is 0 Å². The van der Waals surface area contributed by atoms with Crippen LogP contribution in [0.5, 0.6) is 0 Å². The van der Waals surface area contributed by atoms with E-state index in [1.807, 2.05) is 34.6 Å². The molecule has 1 N–H and O–H groups in total. The molecule has 0 bridgehead atoms. The number of nitrogens with one attached hydrogen (secondary N) is 1. The van der Waals surface area contributed by atoms with Crippen LogP contribution in [0.15, 0.2) is 0 Å². The van der Waals surface area contributed by atoms with Gasteiger partial charge in [-0.1, -0.05) is 27.7 Å². The molecule has 1 atom stereocenters. The second-order valence-corrected chi connectivity index (χ2v) is 6.76. The van der Waals surface area contributed by atoms with Gasteiger partial charge in [0, 0.05) is 6.42 Å². The Morgan fingerprint density at radius 3 is 2.00 bits per heavy atom. The maximum atomic E-state index is 12.0. The van der Waals surface area contributed by atoms with E-state index in [2.05, 4.69) is 19.2 Å². The minimum absolute atomic E-state index is 0.0119. The van der Waals surface area contributed by atoms with Gasteiger partial charge in [-0.25, -0.2) is 4.79 Å². The molecule has 0 unspecified atom stereocenters. The van der Waals surface area contributed by atoms with E-state index < -0.39 is 11.6 Å². The lowest BCUT2D eigenvalue weighted by Crippen LogP contribution is -2.47. The maximum absolute atomic E-state index is 12.0. The lowest BCUT2D eigenvalue weighted by atomic mass is 10.0. The second-order valence-electron chi connectivity index (χ2n) is 6.76. The Morgan fingerprint density at radius 1 is 1.11 bits per heavy atom. The van der Waals surface area contributed by atoms with E-state index in [1.165, 1.54) is 0 Å². The van der Waals surface area contributed by atoms with Crippen LogP contribution in [0, 0.1) is 11.8 Å². The van der Waals surface area contributed by atoms with Gasteiger partial charge in [-0.2, -0.15) is 0 Å². The minimum Gasteiger partial charge on any atom is -0.458 e. The van der Waals surface area contributed by atoms with Gasteiger partial charge >= 0.3 is 5.97 Å². The predicted octanol–water partition coefficient (Wildman–Crippen LogP) is 2.91. The first-order valence-electron chi connectivity index (χ1n) is 7.05. The third kappa shape index (κ3) is 8.62. The number of rotatable bonds is 6. The molecule has 0 saturated heterocycles. The standard InChI is InChI=1S/C15H29NO3/c1-10(2)8-9-12(17)16-13(11(3)4)14(18)19-15(5,6)7/h10-11,13H,8-9H2,1-7H3,(H,16,17)/t13-/m1/s1. The van der Waals surface area contributed by atoms with Crippen LogP contribution in [0.2, 0.25) is 0 Å². The second kappa shape index (κ2) is 7.51. The van der Waals surface area contributed by atoms with Gasteiger partial charge in [0.05, 0.1) is 0 Å². The van der Waals surface area contributed by atoms with Crippen molar-refractivity contribution < 1.29 is 14.3 Å². The van der Waals surface area contributed by atoms with Crippen molar-refractivity contribution in [3.63, 3.8) is 0 Å². The third-order valence-electron chi connectivity index (χ3n) is 2.59. The van der Waals surface area contributed by atoms with Crippen LogP contribution >= 0.6 is 0 Å². The SMILES string of the molecule is CC(C)CCC(=O)N[C@@H](C(=O)OC(C)(C)C)C(C)C. The Morgan fingerprint density at radius 2 is 1.63 bits per heavy atom. The summed E-state index contributed by atoms with van der Waals surface area (Å²) >= 11 is 0. The monoisotopic (exact) mass is 271 g/mol. The molecule has 0 fully saturated rings. The molecular weight excluding hydrogens is 242 g/mol. The van der Waals surface area contributed by atoms with E-state index in [0.717, 1.165) is 6.42 Å². The van der Waals surface area contributed by atoms with E-state index in [1.54, 1.807) is 0 Å². The summed E-state index contributed by atoms with van der Waals surface area (Å²) in [6.45, 7) is 13.4. The van der Waals surface area contributed by atoms with Crippen LogP contribution in [0.1, 0.15) is 61.3 Å². The molecule has 0 aromatic carbocycles. The van der Waals surface area contributed by atoms with E-state index in [4.69, 9.17) is 4.74 Å². The third-order valence-corrected chi connectivity index (χ3v) is 2.59. The first-order chi connectivity index (χ1) is 8.53. The van der Waals surface area contributed by atoms with Crippen LogP contribution in [0.25, 0.3) is 0 Å². The van der Waals surface area contributed by atoms with E-state index in [9.17, 15) is 9.59 Å². The molecule has 0 rings (SSSR count). The number of hydrogen-bond donors (Lipinski definition) is 1. The zero-order valence-electron chi connectivity index (χ0n) is 13.4. The van der Waals surface area contributed by atoms with Gasteiger partial charge in [-0.3, -0.25) is 4.79 Å². The summed E-state index contributed by atoms with van der Waals surface area (Å²) in [5.41, 5.74) is -0.535. The van der Waals surface area contributed by atoms with E-state index >= 15 is 0 Å². The summed E-state index contributed by atoms with van der Waals surface area (Å²) in [6, 6.07) is -0.570. The number of amides is 1. The minimum atomic E-state index is -0.570. The van der Waals surface area contributed by atoms with Gasteiger partial charge in [0.15, 0.2) is 0 Å². The zero-order chi connectivity index (χ0) is 15.2. The maximum Gasteiger partial charge on any atom is 0.329 e. The number of carbonyl (C=O) groups is 2. The average Bonchev–Trinajstić information content (AvgIpc) is 2.19. The summed E-state index contributed by atoms with van der Waals surface area (Å²) < 4.78 is 5.33. The molecule has 1 amide bonds.